The van der Waals surface area contributed by atoms with Crippen LogP contribution in [0.2, 0.25) is 0 Å². The zero-order chi connectivity index (χ0) is 38.4. The van der Waals surface area contributed by atoms with Gasteiger partial charge in [-0.05, 0) is 34.4 Å². The maximum Gasteiger partial charge on any atom is 0.356 e. The second kappa shape index (κ2) is 16.8. The number of benzene rings is 4. The first-order valence-corrected chi connectivity index (χ1v) is 19.4. The first kappa shape index (κ1) is 37.7. The molecule has 11 nitrogen and oxygen atoms in total. The number of methoxy groups -OCH3 is 1. The number of esters is 1. The summed E-state index contributed by atoms with van der Waals surface area (Å²) in [5, 5.41) is 11.5. The highest BCUT2D eigenvalue weighted by atomic mass is 32.2. The summed E-state index contributed by atoms with van der Waals surface area (Å²) in [7, 11) is 1.56. The van der Waals surface area contributed by atoms with Crippen molar-refractivity contribution in [3.05, 3.63) is 159 Å². The van der Waals surface area contributed by atoms with Crippen molar-refractivity contribution in [2.75, 3.05) is 25.0 Å². The molecular weight excluding hydrogens is 762 g/mol. The van der Waals surface area contributed by atoms with Gasteiger partial charge in [-0.25, -0.2) is 14.2 Å². The van der Waals surface area contributed by atoms with Crippen molar-refractivity contribution >= 4 is 64.4 Å². The number of carbonyl (C=O) groups is 3. The number of β-lactam (4-membered cyclic amide) rings is 1. The second-order valence-electron chi connectivity index (χ2n) is 12.3. The van der Waals surface area contributed by atoms with Crippen LogP contribution in [0.25, 0.3) is 0 Å². The fraction of sp³-hybridized carbons (Fsp3) is 0.175. The molecule has 4 aromatic carbocycles. The van der Waals surface area contributed by atoms with Crippen LogP contribution in [-0.2, 0) is 36.1 Å². The van der Waals surface area contributed by atoms with E-state index in [4.69, 9.17) is 19.3 Å². The normalized spacial score (nSPS) is 16.8. The largest absolute Gasteiger partial charge is 0.497 e. The molecule has 7 rings (SSSR count). The molecule has 2 N–H and O–H groups in total. The third-order valence-electron chi connectivity index (χ3n) is 9.04. The van der Waals surface area contributed by atoms with E-state index in [0.717, 1.165) is 22.3 Å². The topological polar surface area (TPSA) is 131 Å². The number of ether oxygens (including phenoxy) is 2. The summed E-state index contributed by atoms with van der Waals surface area (Å²) in [6.07, 6.45) is 0. The van der Waals surface area contributed by atoms with Gasteiger partial charge in [-0.3, -0.25) is 14.5 Å². The van der Waals surface area contributed by atoms with Crippen LogP contribution in [-0.4, -0.2) is 64.5 Å². The molecule has 0 aliphatic carbocycles. The van der Waals surface area contributed by atoms with Crippen molar-refractivity contribution in [2.24, 2.45) is 5.16 Å². The minimum Gasteiger partial charge on any atom is -0.497 e. The smallest absolute Gasteiger partial charge is 0.356 e. The SMILES string of the molecule is COc1ccc(COC(=O)C2=C(S)CS[C@@H]3[C@H](NC(=O)/C(=N\OCF)c4csc(NC(c5ccccc5)(c5ccccc5)c5ccccc5)n4)C(=O)N23)cc1. The predicted molar refractivity (Wildman–Crippen MR) is 212 cm³/mol. The number of nitrogens with zero attached hydrogens (tertiary/aromatic N) is 3. The van der Waals surface area contributed by atoms with Gasteiger partial charge in [0.25, 0.3) is 18.7 Å². The lowest BCUT2D eigenvalue weighted by molar-refractivity contribution is -0.153. The number of hydrogen-bond donors (Lipinski definition) is 3. The molecule has 2 amide bonds. The summed E-state index contributed by atoms with van der Waals surface area (Å²) in [6, 6.07) is 35.7. The molecule has 0 spiro atoms. The summed E-state index contributed by atoms with van der Waals surface area (Å²) in [6.45, 7) is -1.33. The highest BCUT2D eigenvalue weighted by Crippen LogP contribution is 2.43. The fourth-order valence-electron chi connectivity index (χ4n) is 6.42. The van der Waals surface area contributed by atoms with Gasteiger partial charge in [-0.1, -0.05) is 108 Å². The molecule has 1 aromatic heterocycles. The lowest BCUT2D eigenvalue weighted by atomic mass is 9.77. The van der Waals surface area contributed by atoms with Gasteiger partial charge < -0.3 is 24.9 Å². The molecule has 1 saturated heterocycles. The van der Waals surface area contributed by atoms with E-state index in [1.807, 2.05) is 91.0 Å². The van der Waals surface area contributed by atoms with Crippen molar-refractivity contribution in [2.45, 2.75) is 23.6 Å². The number of nitrogens with one attached hydrogen (secondary N) is 2. The molecule has 0 bridgehead atoms. The van der Waals surface area contributed by atoms with E-state index < -0.39 is 41.6 Å². The monoisotopic (exact) mass is 795 g/mol. The summed E-state index contributed by atoms with van der Waals surface area (Å²) >= 11 is 7.02. The van der Waals surface area contributed by atoms with Gasteiger partial charge in [0.05, 0.1) is 7.11 Å². The van der Waals surface area contributed by atoms with E-state index in [1.165, 1.54) is 28.0 Å². The zero-order valence-electron chi connectivity index (χ0n) is 29.3. The molecular formula is C40H34FN5O6S3. The van der Waals surface area contributed by atoms with Crippen molar-refractivity contribution < 1.29 is 33.1 Å². The summed E-state index contributed by atoms with van der Waals surface area (Å²) in [5.74, 6) is -1.11. The van der Waals surface area contributed by atoms with Crippen molar-refractivity contribution in [1.29, 1.82) is 0 Å². The number of aromatic nitrogens is 1. The van der Waals surface area contributed by atoms with Crippen LogP contribution in [0.1, 0.15) is 27.9 Å². The second-order valence-corrected chi connectivity index (χ2v) is 14.8. The Morgan fingerprint density at radius 1 is 0.945 bits per heavy atom. The number of rotatable bonds is 14. The Morgan fingerprint density at radius 2 is 1.55 bits per heavy atom. The van der Waals surface area contributed by atoms with E-state index in [0.29, 0.717) is 21.5 Å². The quantitative estimate of drug-likeness (QED) is 0.0289. The molecule has 5 aromatic rings. The van der Waals surface area contributed by atoms with E-state index >= 15 is 0 Å². The highest BCUT2D eigenvalue weighted by molar-refractivity contribution is 8.01. The molecule has 280 valence electrons. The molecule has 55 heavy (non-hydrogen) atoms. The number of oxime groups is 1. The number of carbonyl (C=O) groups excluding carboxylic acids is 3. The Kier molecular flexibility index (Phi) is 11.5. The van der Waals surface area contributed by atoms with Gasteiger partial charge in [-0.2, -0.15) is 0 Å². The van der Waals surface area contributed by atoms with E-state index in [2.05, 4.69) is 28.4 Å². The van der Waals surface area contributed by atoms with Gasteiger partial charge in [0.2, 0.25) is 0 Å². The minimum absolute atomic E-state index is 0.0136. The molecule has 2 aliphatic heterocycles. The predicted octanol–water partition coefficient (Wildman–Crippen LogP) is 6.49. The van der Waals surface area contributed by atoms with Crippen molar-refractivity contribution in [1.82, 2.24) is 15.2 Å². The van der Waals surface area contributed by atoms with Crippen LogP contribution in [0.5, 0.6) is 5.75 Å². The van der Waals surface area contributed by atoms with Crippen LogP contribution in [0.15, 0.2) is 136 Å². The first-order valence-electron chi connectivity index (χ1n) is 17.0. The van der Waals surface area contributed by atoms with Crippen LogP contribution >= 0.6 is 35.7 Å². The Morgan fingerprint density at radius 3 is 2.11 bits per heavy atom. The van der Waals surface area contributed by atoms with E-state index in [1.54, 1.807) is 36.8 Å². The number of halogens is 1. The molecule has 0 saturated carbocycles. The third-order valence-corrected chi connectivity index (χ3v) is 11.7. The van der Waals surface area contributed by atoms with Crippen molar-refractivity contribution in [3.63, 3.8) is 0 Å². The van der Waals surface area contributed by atoms with Crippen LogP contribution < -0.4 is 15.4 Å². The molecule has 1 fully saturated rings. The number of anilines is 1. The Bertz CT molecular complexity index is 2130. The third kappa shape index (κ3) is 7.68. The molecule has 2 atom stereocenters. The number of amides is 2. The average molecular weight is 796 g/mol. The summed E-state index contributed by atoms with van der Waals surface area (Å²) in [5.41, 5.74) is 2.43. The maximum absolute atomic E-state index is 13.8. The van der Waals surface area contributed by atoms with Crippen LogP contribution in [0.3, 0.4) is 0 Å². The van der Waals surface area contributed by atoms with Crippen LogP contribution in [0, 0.1) is 0 Å². The van der Waals surface area contributed by atoms with Crippen LogP contribution in [0.4, 0.5) is 9.52 Å². The Hall–Kier alpha value is -5.64. The molecule has 15 heteroatoms. The van der Waals surface area contributed by atoms with E-state index in [9.17, 15) is 18.8 Å². The highest BCUT2D eigenvalue weighted by Gasteiger charge is 2.54. The summed E-state index contributed by atoms with van der Waals surface area (Å²) < 4.78 is 24.0. The lowest BCUT2D eigenvalue weighted by Crippen LogP contribution is -2.71. The number of thiazole rings is 1. The number of alkyl halides is 1. The standard InChI is InChI=1S/C40H34FN5O6S3/c1-50-29-19-17-25(18-20-29)21-51-38(49)34-31(53)23-54-37-33(36(48)46(34)37)43-35(47)32(45-52-24-41)30-22-55-39(42-30)44-40(26-11-5-2-6-12-26,27-13-7-3-8-14-27)28-15-9-4-10-16-28/h2-20,22,33,37,53H,21,23-24H2,1H3,(H,42,44)(H,43,47)/b45-32-/t33-,37-/m1/s1. The Balaban J connectivity index is 1.11. The van der Waals surface area contributed by atoms with Crippen molar-refractivity contribution in [3.8, 4) is 5.75 Å². The molecule has 2 aliphatic rings. The zero-order valence-corrected chi connectivity index (χ0v) is 31.8. The number of thioether (sulfide) groups is 1. The number of fused-ring (bicyclic) bond motifs is 1. The van der Waals surface area contributed by atoms with Gasteiger partial charge in [0, 0.05) is 16.0 Å². The average Bonchev–Trinajstić information content (AvgIpc) is 3.70. The molecule has 3 heterocycles. The maximum atomic E-state index is 13.8. The molecule has 0 radical (unpaired) electrons. The lowest BCUT2D eigenvalue weighted by Gasteiger charge is -2.49. The first-order chi connectivity index (χ1) is 26.8. The van der Waals surface area contributed by atoms with Gasteiger partial charge in [-0.15, -0.1) is 35.7 Å². The number of hydrogen-bond acceptors (Lipinski definition) is 12. The number of thiol groups is 1. The van der Waals surface area contributed by atoms with Gasteiger partial charge >= 0.3 is 5.97 Å². The fourth-order valence-corrected chi connectivity index (χ4v) is 8.79. The van der Waals surface area contributed by atoms with Gasteiger partial charge in [0.1, 0.15) is 40.7 Å². The summed E-state index contributed by atoms with van der Waals surface area (Å²) in [4.78, 5) is 51.6. The van der Waals surface area contributed by atoms with Gasteiger partial charge in [0.15, 0.2) is 10.8 Å². The molecule has 0 unspecified atom stereocenters. The Labute approximate surface area is 330 Å². The van der Waals surface area contributed by atoms with E-state index in [-0.39, 0.29) is 23.7 Å². The minimum atomic E-state index is -1.29.